The van der Waals surface area contributed by atoms with Crippen molar-refractivity contribution in [2.45, 2.75) is 6.10 Å². The van der Waals surface area contributed by atoms with E-state index in [-0.39, 0.29) is 24.5 Å². The van der Waals surface area contributed by atoms with Crippen molar-refractivity contribution in [3.8, 4) is 5.75 Å². The van der Waals surface area contributed by atoms with Crippen LogP contribution in [0, 0.1) is 0 Å². The second-order valence-electron chi connectivity index (χ2n) is 5.58. The van der Waals surface area contributed by atoms with Gasteiger partial charge in [0.2, 0.25) is 0 Å². The van der Waals surface area contributed by atoms with Crippen molar-refractivity contribution in [2.75, 3.05) is 31.7 Å². The Kier molecular flexibility index (Phi) is 5.25. The fourth-order valence-corrected chi connectivity index (χ4v) is 2.59. The van der Waals surface area contributed by atoms with E-state index in [1.807, 2.05) is 18.2 Å². The number of ether oxygens (including phenoxy) is 2. The minimum atomic E-state index is -0.283. The molecule has 1 aromatic heterocycles. The van der Waals surface area contributed by atoms with Gasteiger partial charge in [-0.05, 0) is 24.3 Å². The van der Waals surface area contributed by atoms with E-state index in [9.17, 15) is 9.59 Å². The van der Waals surface area contributed by atoms with Crippen LogP contribution < -0.4 is 15.0 Å². The van der Waals surface area contributed by atoms with E-state index in [0.717, 1.165) is 5.69 Å². The molecule has 1 unspecified atom stereocenters. The zero-order valence-corrected chi connectivity index (χ0v) is 13.8. The Morgan fingerprint density at radius 3 is 2.92 bits per heavy atom. The molecule has 1 aromatic carbocycles. The molecular weight excluding hydrogens is 322 g/mol. The summed E-state index contributed by atoms with van der Waals surface area (Å²) in [6.07, 6.45) is 2.85. The Morgan fingerprint density at radius 2 is 2.16 bits per heavy atom. The molecule has 0 aliphatic carbocycles. The van der Waals surface area contributed by atoms with Crippen LogP contribution in [0.3, 0.4) is 0 Å². The van der Waals surface area contributed by atoms with Crippen LogP contribution in [0.4, 0.5) is 5.69 Å². The smallest absolute Gasteiger partial charge is 0.253 e. The highest BCUT2D eigenvalue weighted by atomic mass is 16.5. The molecule has 1 fully saturated rings. The Balaban J connectivity index is 1.62. The Hall–Kier alpha value is -2.93. The summed E-state index contributed by atoms with van der Waals surface area (Å²) in [6, 6.07) is 10.6. The van der Waals surface area contributed by atoms with Gasteiger partial charge in [0.15, 0.2) is 0 Å². The molecule has 0 saturated carbocycles. The predicted octanol–water partition coefficient (Wildman–Crippen LogP) is 1.25. The van der Waals surface area contributed by atoms with Crippen LogP contribution in [0.5, 0.6) is 5.75 Å². The van der Waals surface area contributed by atoms with Crippen LogP contribution in [-0.4, -0.2) is 49.7 Å². The first kappa shape index (κ1) is 16.9. The van der Waals surface area contributed by atoms with Gasteiger partial charge in [-0.15, -0.1) is 0 Å². The molecule has 7 nitrogen and oxygen atoms in total. The minimum Gasteiger partial charge on any atom is -0.497 e. The number of benzene rings is 1. The number of morpholine rings is 1. The quantitative estimate of drug-likeness (QED) is 0.885. The van der Waals surface area contributed by atoms with Crippen LogP contribution >= 0.6 is 0 Å². The molecule has 7 heteroatoms. The fourth-order valence-electron chi connectivity index (χ4n) is 2.59. The number of aromatic nitrogens is 1. The summed E-state index contributed by atoms with van der Waals surface area (Å²) in [5.41, 5.74) is 1.28. The maximum atomic E-state index is 12.2. The van der Waals surface area contributed by atoms with Gasteiger partial charge in [0.1, 0.15) is 12.4 Å². The molecule has 1 N–H and O–H groups in total. The number of carbonyl (C=O) groups excluding carboxylic acids is 2. The van der Waals surface area contributed by atoms with Crippen molar-refractivity contribution in [3.63, 3.8) is 0 Å². The average molecular weight is 341 g/mol. The SMILES string of the molecule is COc1cccc(N2CC(CNC(=O)c3ccncc3)OCC2=O)c1. The monoisotopic (exact) mass is 341 g/mol. The van der Waals surface area contributed by atoms with Crippen molar-refractivity contribution >= 4 is 17.5 Å². The van der Waals surface area contributed by atoms with E-state index in [1.54, 1.807) is 42.6 Å². The molecule has 130 valence electrons. The molecule has 0 bridgehead atoms. The Labute approximate surface area is 145 Å². The summed E-state index contributed by atoms with van der Waals surface area (Å²) in [5.74, 6) is 0.361. The van der Waals surface area contributed by atoms with E-state index in [2.05, 4.69) is 10.3 Å². The molecule has 1 aliphatic rings. The lowest BCUT2D eigenvalue weighted by Gasteiger charge is -2.33. The van der Waals surface area contributed by atoms with E-state index in [0.29, 0.717) is 24.4 Å². The van der Waals surface area contributed by atoms with Crippen molar-refractivity contribution in [3.05, 3.63) is 54.4 Å². The maximum Gasteiger partial charge on any atom is 0.253 e. The summed E-state index contributed by atoms with van der Waals surface area (Å²) in [7, 11) is 1.58. The van der Waals surface area contributed by atoms with Gasteiger partial charge in [0, 0.05) is 36.3 Å². The van der Waals surface area contributed by atoms with Crippen LogP contribution in [0.2, 0.25) is 0 Å². The molecule has 0 spiro atoms. The summed E-state index contributed by atoms with van der Waals surface area (Å²) in [6.45, 7) is 0.657. The van der Waals surface area contributed by atoms with Gasteiger partial charge in [-0.3, -0.25) is 14.6 Å². The number of anilines is 1. The number of amides is 2. The zero-order chi connectivity index (χ0) is 17.6. The lowest BCUT2D eigenvalue weighted by molar-refractivity contribution is -0.129. The van der Waals surface area contributed by atoms with Crippen LogP contribution in [0.25, 0.3) is 0 Å². The minimum absolute atomic E-state index is 0.0208. The van der Waals surface area contributed by atoms with Crippen LogP contribution in [-0.2, 0) is 9.53 Å². The topological polar surface area (TPSA) is 80.8 Å². The normalized spacial score (nSPS) is 17.2. The molecule has 2 aromatic rings. The highest BCUT2D eigenvalue weighted by molar-refractivity contribution is 5.95. The van der Waals surface area contributed by atoms with E-state index < -0.39 is 0 Å². The molecule has 1 atom stereocenters. The van der Waals surface area contributed by atoms with Gasteiger partial charge < -0.3 is 19.7 Å². The molecule has 1 saturated heterocycles. The van der Waals surface area contributed by atoms with Gasteiger partial charge in [0.25, 0.3) is 11.8 Å². The number of methoxy groups -OCH3 is 1. The zero-order valence-electron chi connectivity index (χ0n) is 13.8. The van der Waals surface area contributed by atoms with Gasteiger partial charge in [-0.2, -0.15) is 0 Å². The van der Waals surface area contributed by atoms with Crippen molar-refractivity contribution in [1.29, 1.82) is 0 Å². The van der Waals surface area contributed by atoms with Gasteiger partial charge in [-0.1, -0.05) is 6.07 Å². The number of pyridine rings is 1. The largest absolute Gasteiger partial charge is 0.497 e. The molecular formula is C18H19N3O4. The average Bonchev–Trinajstić information content (AvgIpc) is 2.67. The second kappa shape index (κ2) is 7.76. The molecule has 25 heavy (non-hydrogen) atoms. The van der Waals surface area contributed by atoms with Gasteiger partial charge in [-0.25, -0.2) is 0 Å². The molecule has 1 aliphatic heterocycles. The third-order valence-corrected chi connectivity index (χ3v) is 3.93. The number of nitrogens with zero attached hydrogens (tertiary/aromatic N) is 2. The highest BCUT2D eigenvalue weighted by Gasteiger charge is 2.28. The van der Waals surface area contributed by atoms with Crippen LogP contribution in [0.1, 0.15) is 10.4 Å². The highest BCUT2D eigenvalue weighted by Crippen LogP contribution is 2.23. The van der Waals surface area contributed by atoms with Gasteiger partial charge >= 0.3 is 0 Å². The number of rotatable bonds is 5. The summed E-state index contributed by atoms with van der Waals surface area (Å²) in [4.78, 5) is 29.8. The first-order valence-electron chi connectivity index (χ1n) is 7.91. The standard InChI is InChI=1S/C18H19N3O4/c1-24-15-4-2-3-14(9-15)21-11-16(25-12-17(21)22)10-20-18(23)13-5-7-19-8-6-13/h2-9,16H,10-12H2,1H3,(H,20,23). The number of nitrogens with one attached hydrogen (secondary N) is 1. The lowest BCUT2D eigenvalue weighted by Crippen LogP contribution is -2.50. The van der Waals surface area contributed by atoms with Crippen molar-refractivity contribution < 1.29 is 19.1 Å². The summed E-state index contributed by atoms with van der Waals surface area (Å²) < 4.78 is 10.7. The van der Waals surface area contributed by atoms with E-state index >= 15 is 0 Å². The van der Waals surface area contributed by atoms with Gasteiger partial charge in [0.05, 0.1) is 19.8 Å². The molecule has 2 amide bonds. The molecule has 3 rings (SSSR count). The summed E-state index contributed by atoms with van der Waals surface area (Å²) >= 11 is 0. The first-order valence-corrected chi connectivity index (χ1v) is 7.91. The number of carbonyl (C=O) groups is 2. The third-order valence-electron chi connectivity index (χ3n) is 3.93. The summed E-state index contributed by atoms with van der Waals surface area (Å²) in [5, 5.41) is 2.82. The van der Waals surface area contributed by atoms with Crippen LogP contribution in [0.15, 0.2) is 48.8 Å². The predicted molar refractivity (Wildman–Crippen MR) is 91.7 cm³/mol. The van der Waals surface area contributed by atoms with E-state index in [1.165, 1.54) is 0 Å². The van der Waals surface area contributed by atoms with Crippen molar-refractivity contribution in [1.82, 2.24) is 10.3 Å². The Bertz CT molecular complexity index is 751. The molecule has 0 radical (unpaired) electrons. The molecule has 2 heterocycles. The second-order valence-corrected chi connectivity index (χ2v) is 5.58. The maximum absolute atomic E-state index is 12.2. The Morgan fingerprint density at radius 1 is 1.36 bits per heavy atom. The number of hydrogen-bond donors (Lipinski definition) is 1. The van der Waals surface area contributed by atoms with E-state index in [4.69, 9.17) is 9.47 Å². The number of hydrogen-bond acceptors (Lipinski definition) is 5. The lowest BCUT2D eigenvalue weighted by atomic mass is 10.2. The van der Waals surface area contributed by atoms with Crippen molar-refractivity contribution in [2.24, 2.45) is 0 Å². The third kappa shape index (κ3) is 4.13. The fraction of sp³-hybridized carbons (Fsp3) is 0.278. The first-order chi connectivity index (χ1) is 12.2.